The highest BCUT2D eigenvalue weighted by Crippen LogP contribution is 2.25. The SMILES string of the molecule is COc1ccc(C(=O)N/C(=C/c2c[nH]c3ccccc23)C(=O)Nc2ccccc2OC)cc1. The number of methoxy groups -OCH3 is 2. The maximum Gasteiger partial charge on any atom is 0.272 e. The van der Waals surface area contributed by atoms with Gasteiger partial charge >= 0.3 is 0 Å². The van der Waals surface area contributed by atoms with Crippen LogP contribution >= 0.6 is 0 Å². The van der Waals surface area contributed by atoms with Crippen molar-refractivity contribution in [2.75, 3.05) is 19.5 Å². The third-order valence-corrected chi connectivity index (χ3v) is 5.12. The Hall–Kier alpha value is -4.52. The average molecular weight is 441 g/mol. The number of anilines is 1. The van der Waals surface area contributed by atoms with Gasteiger partial charge in [-0.2, -0.15) is 0 Å². The average Bonchev–Trinajstić information content (AvgIpc) is 3.26. The molecule has 3 N–H and O–H groups in total. The number of fused-ring (bicyclic) bond motifs is 1. The minimum atomic E-state index is -0.480. The zero-order chi connectivity index (χ0) is 23.2. The number of benzene rings is 3. The minimum absolute atomic E-state index is 0.0893. The van der Waals surface area contributed by atoms with Gasteiger partial charge in [0, 0.05) is 28.2 Å². The van der Waals surface area contributed by atoms with Gasteiger partial charge in [0.25, 0.3) is 11.8 Å². The van der Waals surface area contributed by atoms with Gasteiger partial charge < -0.3 is 25.1 Å². The Labute approximate surface area is 191 Å². The molecule has 4 aromatic rings. The molecule has 3 aromatic carbocycles. The van der Waals surface area contributed by atoms with Crippen LogP contribution in [-0.4, -0.2) is 31.0 Å². The molecular weight excluding hydrogens is 418 g/mol. The Morgan fingerprint density at radius 3 is 2.36 bits per heavy atom. The molecule has 0 aliphatic rings. The molecule has 0 saturated carbocycles. The summed E-state index contributed by atoms with van der Waals surface area (Å²) in [5.41, 5.74) is 2.67. The lowest BCUT2D eigenvalue weighted by Crippen LogP contribution is -2.30. The first-order valence-electron chi connectivity index (χ1n) is 10.3. The molecule has 1 heterocycles. The van der Waals surface area contributed by atoms with E-state index in [1.54, 1.807) is 61.8 Å². The van der Waals surface area contributed by atoms with Crippen molar-refractivity contribution in [3.8, 4) is 11.5 Å². The fourth-order valence-electron chi connectivity index (χ4n) is 3.40. The standard InChI is InChI=1S/C26H23N3O4/c1-32-19-13-11-17(12-14-19)25(30)29-23(15-18-16-27-21-8-4-3-7-20(18)21)26(31)28-22-9-5-6-10-24(22)33-2/h3-16,27H,1-2H3,(H,28,31)(H,29,30)/b23-15+. The van der Waals surface area contributed by atoms with E-state index in [4.69, 9.17) is 9.47 Å². The molecule has 7 heteroatoms. The quantitative estimate of drug-likeness (QED) is 0.366. The van der Waals surface area contributed by atoms with E-state index in [1.165, 1.54) is 7.11 Å². The van der Waals surface area contributed by atoms with E-state index in [0.29, 0.717) is 22.7 Å². The summed E-state index contributed by atoms with van der Waals surface area (Å²) in [6.45, 7) is 0. The van der Waals surface area contributed by atoms with Gasteiger partial charge in [-0.1, -0.05) is 30.3 Å². The highest BCUT2D eigenvalue weighted by atomic mass is 16.5. The van der Waals surface area contributed by atoms with Crippen molar-refractivity contribution in [3.63, 3.8) is 0 Å². The maximum atomic E-state index is 13.2. The van der Waals surface area contributed by atoms with Crippen molar-refractivity contribution in [3.05, 3.63) is 95.8 Å². The summed E-state index contributed by atoms with van der Waals surface area (Å²) in [4.78, 5) is 29.3. The van der Waals surface area contributed by atoms with Crippen LogP contribution in [0.1, 0.15) is 15.9 Å². The molecule has 0 radical (unpaired) electrons. The first-order valence-corrected chi connectivity index (χ1v) is 10.3. The van der Waals surface area contributed by atoms with Crippen molar-refractivity contribution in [1.29, 1.82) is 0 Å². The summed E-state index contributed by atoms with van der Waals surface area (Å²) in [5.74, 6) is 0.249. The largest absolute Gasteiger partial charge is 0.497 e. The maximum absolute atomic E-state index is 13.2. The van der Waals surface area contributed by atoms with E-state index in [-0.39, 0.29) is 5.70 Å². The number of carbonyl (C=O) groups is 2. The Kier molecular flexibility index (Phi) is 6.40. The summed E-state index contributed by atoms with van der Waals surface area (Å²) in [5, 5.41) is 6.50. The topological polar surface area (TPSA) is 92.5 Å². The van der Waals surface area contributed by atoms with Crippen LogP contribution in [0.15, 0.2) is 84.7 Å². The molecule has 4 rings (SSSR count). The predicted molar refractivity (Wildman–Crippen MR) is 128 cm³/mol. The molecule has 7 nitrogen and oxygen atoms in total. The zero-order valence-electron chi connectivity index (χ0n) is 18.2. The number of hydrogen-bond acceptors (Lipinski definition) is 4. The molecular formula is C26H23N3O4. The molecule has 33 heavy (non-hydrogen) atoms. The van der Waals surface area contributed by atoms with Crippen molar-refractivity contribution in [1.82, 2.24) is 10.3 Å². The molecule has 0 aliphatic carbocycles. The smallest absolute Gasteiger partial charge is 0.272 e. The Bertz CT molecular complexity index is 1320. The number of H-pyrrole nitrogens is 1. The van der Waals surface area contributed by atoms with Crippen LogP contribution in [0.3, 0.4) is 0 Å². The van der Waals surface area contributed by atoms with Gasteiger partial charge in [0.15, 0.2) is 0 Å². The molecule has 0 aliphatic heterocycles. The highest BCUT2D eigenvalue weighted by molar-refractivity contribution is 6.12. The number of rotatable bonds is 7. The van der Waals surface area contributed by atoms with Gasteiger partial charge in [-0.15, -0.1) is 0 Å². The van der Waals surface area contributed by atoms with E-state index in [2.05, 4.69) is 15.6 Å². The first kappa shape index (κ1) is 21.7. The minimum Gasteiger partial charge on any atom is -0.497 e. The number of aromatic amines is 1. The fraction of sp³-hybridized carbons (Fsp3) is 0.0769. The summed E-state index contributed by atoms with van der Waals surface area (Å²) >= 11 is 0. The lowest BCUT2D eigenvalue weighted by atomic mass is 10.1. The number of hydrogen-bond donors (Lipinski definition) is 3. The summed E-state index contributed by atoms with van der Waals surface area (Å²) in [6.07, 6.45) is 3.44. The van der Waals surface area contributed by atoms with Crippen LogP contribution in [0.5, 0.6) is 11.5 Å². The highest BCUT2D eigenvalue weighted by Gasteiger charge is 2.17. The molecule has 0 spiro atoms. The second-order valence-corrected chi connectivity index (χ2v) is 7.18. The van der Waals surface area contributed by atoms with E-state index in [0.717, 1.165) is 16.5 Å². The molecule has 1 aromatic heterocycles. The van der Waals surface area contributed by atoms with Crippen molar-refractivity contribution in [2.45, 2.75) is 0 Å². The Morgan fingerprint density at radius 2 is 1.61 bits per heavy atom. The monoisotopic (exact) mass is 441 g/mol. The van der Waals surface area contributed by atoms with Gasteiger partial charge in [-0.3, -0.25) is 9.59 Å². The number of amides is 2. The van der Waals surface area contributed by atoms with Crippen molar-refractivity contribution in [2.24, 2.45) is 0 Å². The molecule has 2 amide bonds. The second-order valence-electron chi connectivity index (χ2n) is 7.18. The Balaban J connectivity index is 1.68. The van der Waals surface area contributed by atoms with E-state index in [1.807, 2.05) is 30.3 Å². The van der Waals surface area contributed by atoms with Crippen LogP contribution in [0.2, 0.25) is 0 Å². The third kappa shape index (κ3) is 4.88. The number of nitrogens with one attached hydrogen (secondary N) is 3. The van der Waals surface area contributed by atoms with Gasteiger partial charge in [0.1, 0.15) is 17.2 Å². The van der Waals surface area contributed by atoms with Crippen molar-refractivity contribution >= 4 is 34.5 Å². The lowest BCUT2D eigenvalue weighted by Gasteiger charge is -2.13. The fourth-order valence-corrected chi connectivity index (χ4v) is 3.40. The molecule has 0 unspecified atom stereocenters. The van der Waals surface area contributed by atoms with Crippen molar-refractivity contribution < 1.29 is 19.1 Å². The van der Waals surface area contributed by atoms with Crippen LogP contribution in [-0.2, 0) is 4.79 Å². The summed E-state index contributed by atoms with van der Waals surface area (Å²) < 4.78 is 10.5. The van der Waals surface area contributed by atoms with E-state index >= 15 is 0 Å². The molecule has 166 valence electrons. The number of para-hydroxylation sites is 3. The number of carbonyl (C=O) groups excluding carboxylic acids is 2. The third-order valence-electron chi connectivity index (χ3n) is 5.12. The van der Waals surface area contributed by atoms with Crippen LogP contribution < -0.4 is 20.1 Å². The number of ether oxygens (including phenoxy) is 2. The van der Waals surface area contributed by atoms with Gasteiger partial charge in [-0.25, -0.2) is 0 Å². The summed E-state index contributed by atoms with van der Waals surface area (Å²) in [6, 6.07) is 21.4. The van der Waals surface area contributed by atoms with Crippen LogP contribution in [0.25, 0.3) is 17.0 Å². The van der Waals surface area contributed by atoms with Crippen LogP contribution in [0, 0.1) is 0 Å². The molecule has 0 fully saturated rings. The van der Waals surface area contributed by atoms with Crippen LogP contribution in [0.4, 0.5) is 5.69 Å². The normalized spacial score (nSPS) is 11.2. The van der Waals surface area contributed by atoms with Gasteiger partial charge in [-0.05, 0) is 48.5 Å². The molecule has 0 atom stereocenters. The summed E-state index contributed by atoms with van der Waals surface area (Å²) in [7, 11) is 3.08. The van der Waals surface area contributed by atoms with Gasteiger partial charge in [0.2, 0.25) is 0 Å². The molecule has 0 saturated heterocycles. The lowest BCUT2D eigenvalue weighted by molar-refractivity contribution is -0.113. The Morgan fingerprint density at radius 1 is 0.879 bits per heavy atom. The van der Waals surface area contributed by atoms with E-state index < -0.39 is 11.8 Å². The number of aromatic nitrogens is 1. The van der Waals surface area contributed by atoms with E-state index in [9.17, 15) is 9.59 Å². The van der Waals surface area contributed by atoms with Gasteiger partial charge in [0.05, 0.1) is 19.9 Å². The first-order chi connectivity index (χ1) is 16.1. The molecule has 0 bridgehead atoms. The predicted octanol–water partition coefficient (Wildman–Crippen LogP) is 4.59. The zero-order valence-corrected chi connectivity index (χ0v) is 18.2. The second kappa shape index (κ2) is 9.74.